The van der Waals surface area contributed by atoms with Crippen LogP contribution in [0.25, 0.3) is 0 Å². The van der Waals surface area contributed by atoms with Crippen LogP contribution in [0.15, 0.2) is 24.3 Å². The molecule has 2 rings (SSSR count). The highest BCUT2D eigenvalue weighted by atomic mass is 16.6. The third-order valence-electron chi connectivity index (χ3n) is 4.40. The Kier molecular flexibility index (Phi) is 7.66. The van der Waals surface area contributed by atoms with Gasteiger partial charge in [0.05, 0.1) is 0 Å². The first-order valence-corrected chi connectivity index (χ1v) is 9.83. The van der Waals surface area contributed by atoms with Crippen molar-refractivity contribution in [1.29, 1.82) is 0 Å². The Labute approximate surface area is 162 Å². The van der Waals surface area contributed by atoms with Gasteiger partial charge in [-0.2, -0.15) is 0 Å². The zero-order valence-electron chi connectivity index (χ0n) is 17.0. The second-order valence-electron chi connectivity index (χ2n) is 8.38. The van der Waals surface area contributed by atoms with Crippen molar-refractivity contribution in [2.45, 2.75) is 52.6 Å². The number of carbonyl (C=O) groups is 2. The molecule has 2 amide bonds. The molecule has 0 saturated carbocycles. The summed E-state index contributed by atoms with van der Waals surface area (Å²) in [4.78, 5) is 26.8. The maximum atomic E-state index is 12.4. The first-order chi connectivity index (χ1) is 12.7. The molecule has 1 heterocycles. The van der Waals surface area contributed by atoms with Gasteiger partial charge >= 0.3 is 6.09 Å². The lowest BCUT2D eigenvalue weighted by Crippen LogP contribution is -2.38. The lowest BCUT2D eigenvalue weighted by molar-refractivity contribution is 0.0635. The van der Waals surface area contributed by atoms with Crippen LogP contribution in [0.3, 0.4) is 0 Å². The van der Waals surface area contributed by atoms with E-state index < -0.39 is 11.7 Å². The summed E-state index contributed by atoms with van der Waals surface area (Å²) in [5.41, 5.74) is 0.496. The summed E-state index contributed by atoms with van der Waals surface area (Å²) in [6.45, 7) is 11.6. The number of hydrogen-bond donors (Lipinski definition) is 2. The normalized spacial score (nSPS) is 16.4. The van der Waals surface area contributed by atoms with Gasteiger partial charge in [0.25, 0.3) is 5.91 Å². The van der Waals surface area contributed by atoms with E-state index in [9.17, 15) is 9.59 Å². The van der Waals surface area contributed by atoms with E-state index >= 15 is 0 Å². The third-order valence-corrected chi connectivity index (χ3v) is 4.40. The Balaban J connectivity index is 1.82. The molecule has 27 heavy (non-hydrogen) atoms. The SMILES string of the molecule is CC(CNC(=O)c1cccc(NC(=O)OC(C)(C)C)c1)CN1CCCCC1. The Morgan fingerprint density at radius 1 is 1.19 bits per heavy atom. The van der Waals surface area contributed by atoms with Gasteiger partial charge in [0, 0.05) is 24.3 Å². The molecular formula is C21H33N3O3. The van der Waals surface area contributed by atoms with E-state index in [-0.39, 0.29) is 5.91 Å². The Bertz CT molecular complexity index is 634. The van der Waals surface area contributed by atoms with Crippen molar-refractivity contribution in [2.24, 2.45) is 5.92 Å². The minimum Gasteiger partial charge on any atom is -0.444 e. The van der Waals surface area contributed by atoms with Gasteiger partial charge in [-0.25, -0.2) is 4.79 Å². The van der Waals surface area contributed by atoms with Crippen LogP contribution in [0.5, 0.6) is 0 Å². The monoisotopic (exact) mass is 375 g/mol. The summed E-state index contributed by atoms with van der Waals surface area (Å²) in [5, 5.41) is 5.66. The minimum atomic E-state index is -0.566. The third kappa shape index (κ3) is 7.99. The lowest BCUT2D eigenvalue weighted by atomic mass is 10.1. The van der Waals surface area contributed by atoms with Gasteiger partial charge in [-0.3, -0.25) is 10.1 Å². The average Bonchev–Trinajstić information content (AvgIpc) is 2.59. The molecule has 0 aliphatic carbocycles. The number of piperidine rings is 1. The van der Waals surface area contributed by atoms with E-state index in [4.69, 9.17) is 4.74 Å². The van der Waals surface area contributed by atoms with Crippen LogP contribution >= 0.6 is 0 Å². The number of rotatable bonds is 6. The van der Waals surface area contributed by atoms with Crippen LogP contribution in [0.1, 0.15) is 57.3 Å². The van der Waals surface area contributed by atoms with Crippen molar-refractivity contribution in [2.75, 3.05) is 31.5 Å². The van der Waals surface area contributed by atoms with Gasteiger partial charge in [-0.1, -0.05) is 19.4 Å². The van der Waals surface area contributed by atoms with E-state index in [1.54, 1.807) is 24.3 Å². The Hall–Kier alpha value is -2.08. The van der Waals surface area contributed by atoms with Gasteiger partial charge in [-0.05, 0) is 70.8 Å². The number of hydrogen-bond acceptors (Lipinski definition) is 4. The number of ether oxygens (including phenoxy) is 1. The van der Waals surface area contributed by atoms with Crippen LogP contribution in [-0.2, 0) is 4.74 Å². The van der Waals surface area contributed by atoms with Gasteiger partial charge in [0.2, 0.25) is 0 Å². The molecular weight excluding hydrogens is 342 g/mol. The molecule has 1 atom stereocenters. The first kappa shape index (κ1) is 21.2. The Morgan fingerprint density at radius 2 is 1.89 bits per heavy atom. The topological polar surface area (TPSA) is 70.7 Å². The molecule has 1 aliphatic heterocycles. The van der Waals surface area contributed by atoms with Gasteiger partial charge in [0.15, 0.2) is 0 Å². The van der Waals surface area contributed by atoms with Crippen molar-refractivity contribution < 1.29 is 14.3 Å². The minimum absolute atomic E-state index is 0.131. The zero-order chi connectivity index (χ0) is 19.9. The maximum absolute atomic E-state index is 12.4. The molecule has 6 heteroatoms. The molecule has 1 aliphatic rings. The van der Waals surface area contributed by atoms with Crippen molar-refractivity contribution in [1.82, 2.24) is 10.2 Å². The highest BCUT2D eigenvalue weighted by molar-refractivity contribution is 5.96. The number of nitrogens with one attached hydrogen (secondary N) is 2. The summed E-state index contributed by atoms with van der Waals surface area (Å²) < 4.78 is 5.24. The van der Waals surface area contributed by atoms with Crippen molar-refractivity contribution >= 4 is 17.7 Å². The molecule has 2 N–H and O–H groups in total. The molecule has 1 aromatic rings. The van der Waals surface area contributed by atoms with E-state index in [0.717, 1.165) is 19.6 Å². The number of amides is 2. The highest BCUT2D eigenvalue weighted by Crippen LogP contribution is 2.14. The van der Waals surface area contributed by atoms with Crippen LogP contribution in [0.4, 0.5) is 10.5 Å². The maximum Gasteiger partial charge on any atom is 0.412 e. The molecule has 1 fully saturated rings. The van der Waals surface area contributed by atoms with Crippen molar-refractivity contribution in [3.8, 4) is 0 Å². The smallest absolute Gasteiger partial charge is 0.412 e. The molecule has 1 saturated heterocycles. The van der Waals surface area contributed by atoms with E-state index in [1.807, 2.05) is 20.8 Å². The predicted molar refractivity (Wildman–Crippen MR) is 108 cm³/mol. The summed E-state index contributed by atoms with van der Waals surface area (Å²) in [5.74, 6) is 0.267. The number of nitrogens with zero attached hydrogens (tertiary/aromatic N) is 1. The van der Waals surface area contributed by atoms with E-state index in [1.165, 1.54) is 19.3 Å². The van der Waals surface area contributed by atoms with Crippen LogP contribution in [0, 0.1) is 5.92 Å². The molecule has 0 aromatic heterocycles. The number of likely N-dealkylation sites (tertiary alicyclic amines) is 1. The number of carbonyl (C=O) groups excluding carboxylic acids is 2. The van der Waals surface area contributed by atoms with Gasteiger partial charge < -0.3 is 15.0 Å². The Morgan fingerprint density at radius 3 is 2.56 bits per heavy atom. The van der Waals surface area contributed by atoms with Crippen LogP contribution in [0.2, 0.25) is 0 Å². The summed E-state index contributed by atoms with van der Waals surface area (Å²) >= 11 is 0. The van der Waals surface area contributed by atoms with Crippen LogP contribution in [-0.4, -0.2) is 48.7 Å². The first-order valence-electron chi connectivity index (χ1n) is 9.83. The number of benzene rings is 1. The van der Waals surface area contributed by atoms with Crippen molar-refractivity contribution in [3.05, 3.63) is 29.8 Å². The fourth-order valence-corrected chi connectivity index (χ4v) is 3.18. The average molecular weight is 376 g/mol. The van der Waals surface area contributed by atoms with E-state index in [2.05, 4.69) is 22.5 Å². The summed E-state index contributed by atoms with van der Waals surface area (Å²) in [6, 6.07) is 6.89. The van der Waals surface area contributed by atoms with Gasteiger partial charge in [0.1, 0.15) is 5.60 Å². The summed E-state index contributed by atoms with van der Waals surface area (Å²) in [7, 11) is 0. The second kappa shape index (κ2) is 9.74. The fraction of sp³-hybridized carbons (Fsp3) is 0.619. The lowest BCUT2D eigenvalue weighted by Gasteiger charge is -2.29. The van der Waals surface area contributed by atoms with Crippen LogP contribution < -0.4 is 10.6 Å². The van der Waals surface area contributed by atoms with E-state index in [0.29, 0.717) is 23.7 Å². The molecule has 1 unspecified atom stereocenters. The molecule has 0 spiro atoms. The zero-order valence-corrected chi connectivity index (χ0v) is 17.0. The summed E-state index contributed by atoms with van der Waals surface area (Å²) in [6.07, 6.45) is 3.35. The largest absolute Gasteiger partial charge is 0.444 e. The second-order valence-corrected chi connectivity index (χ2v) is 8.38. The quantitative estimate of drug-likeness (QED) is 0.791. The molecule has 150 valence electrons. The predicted octanol–water partition coefficient (Wildman–Crippen LogP) is 3.89. The molecule has 0 bridgehead atoms. The molecule has 6 nitrogen and oxygen atoms in total. The van der Waals surface area contributed by atoms with Crippen molar-refractivity contribution in [3.63, 3.8) is 0 Å². The molecule has 0 radical (unpaired) electrons. The standard InChI is InChI=1S/C21H33N3O3/c1-16(15-24-11-6-5-7-12-24)14-22-19(25)17-9-8-10-18(13-17)23-20(26)27-21(2,3)4/h8-10,13,16H,5-7,11-12,14-15H2,1-4H3,(H,22,25)(H,23,26). The highest BCUT2D eigenvalue weighted by Gasteiger charge is 2.17. The fourth-order valence-electron chi connectivity index (χ4n) is 3.18. The van der Waals surface area contributed by atoms with Gasteiger partial charge in [-0.15, -0.1) is 0 Å². The number of anilines is 1. The molecule has 1 aromatic carbocycles.